The Morgan fingerprint density at radius 1 is 1.14 bits per heavy atom. The fraction of sp³-hybridized carbons (Fsp3) is 0.429. The lowest BCUT2D eigenvalue weighted by Gasteiger charge is -2.12. The number of hydrogen-bond acceptors (Lipinski definition) is 4. The van der Waals surface area contributed by atoms with Gasteiger partial charge in [-0.2, -0.15) is 15.0 Å². The van der Waals surface area contributed by atoms with Crippen molar-refractivity contribution in [3.05, 3.63) is 10.6 Å². The molecule has 0 aromatic carbocycles. The number of aromatic nitrogens is 3. The van der Waals surface area contributed by atoms with Crippen molar-refractivity contribution < 1.29 is 4.79 Å². The zero-order valence-electron chi connectivity index (χ0n) is 7.07. The topological polar surface area (TPSA) is 59.0 Å². The van der Waals surface area contributed by atoms with Crippen LogP contribution in [0, 0.1) is 0 Å². The van der Waals surface area contributed by atoms with E-state index in [4.69, 9.17) is 23.2 Å². The van der Waals surface area contributed by atoms with Crippen molar-refractivity contribution in [2.45, 2.75) is 12.8 Å². The Balaban J connectivity index is 2.35. The fourth-order valence-electron chi connectivity index (χ4n) is 1.30. The highest BCUT2D eigenvalue weighted by Crippen LogP contribution is 2.19. The Morgan fingerprint density at radius 2 is 1.79 bits per heavy atom. The molecule has 2 heterocycles. The van der Waals surface area contributed by atoms with Crippen LogP contribution in [0.25, 0.3) is 0 Å². The van der Waals surface area contributed by atoms with Gasteiger partial charge < -0.3 is 0 Å². The molecular formula is C7H6Cl2N4O. The van der Waals surface area contributed by atoms with Gasteiger partial charge in [0.25, 0.3) is 0 Å². The Labute approximate surface area is 90.1 Å². The lowest BCUT2D eigenvalue weighted by atomic mass is 10.4. The van der Waals surface area contributed by atoms with Gasteiger partial charge in [0.15, 0.2) is 0 Å². The molecule has 0 spiro atoms. The molecule has 0 radical (unpaired) electrons. The van der Waals surface area contributed by atoms with Crippen molar-refractivity contribution in [2.24, 2.45) is 0 Å². The summed E-state index contributed by atoms with van der Waals surface area (Å²) < 4.78 is 0. The van der Waals surface area contributed by atoms with Crippen LogP contribution in [-0.2, 0) is 4.79 Å². The van der Waals surface area contributed by atoms with Crippen molar-refractivity contribution in [3.8, 4) is 0 Å². The predicted octanol–water partition coefficient (Wildman–Crippen LogP) is 1.31. The second kappa shape index (κ2) is 3.67. The van der Waals surface area contributed by atoms with Crippen LogP contribution in [0.3, 0.4) is 0 Å². The van der Waals surface area contributed by atoms with Crippen LogP contribution in [0.15, 0.2) is 0 Å². The Bertz CT molecular complexity index is 364. The highest BCUT2D eigenvalue weighted by molar-refractivity contribution is 6.31. The number of hydrogen-bond donors (Lipinski definition) is 0. The third-order valence-electron chi connectivity index (χ3n) is 1.88. The van der Waals surface area contributed by atoms with Crippen LogP contribution in [-0.4, -0.2) is 27.4 Å². The molecule has 14 heavy (non-hydrogen) atoms. The second-order valence-electron chi connectivity index (χ2n) is 2.82. The first-order valence-electron chi connectivity index (χ1n) is 4.04. The van der Waals surface area contributed by atoms with Gasteiger partial charge in [0, 0.05) is 13.0 Å². The van der Waals surface area contributed by atoms with Crippen LogP contribution >= 0.6 is 23.2 Å². The molecule has 0 aliphatic carbocycles. The number of amides is 1. The molecule has 1 amide bonds. The van der Waals surface area contributed by atoms with Gasteiger partial charge in [0.1, 0.15) is 0 Å². The zero-order valence-corrected chi connectivity index (χ0v) is 8.59. The molecule has 1 fully saturated rings. The summed E-state index contributed by atoms with van der Waals surface area (Å²) in [7, 11) is 0. The van der Waals surface area contributed by atoms with Gasteiger partial charge >= 0.3 is 0 Å². The van der Waals surface area contributed by atoms with Crippen molar-refractivity contribution >= 4 is 35.1 Å². The average molecular weight is 233 g/mol. The molecule has 0 unspecified atom stereocenters. The minimum atomic E-state index is -0.0108. The normalized spacial score (nSPS) is 16.4. The van der Waals surface area contributed by atoms with E-state index in [9.17, 15) is 4.79 Å². The van der Waals surface area contributed by atoms with Gasteiger partial charge in [0.2, 0.25) is 22.4 Å². The first-order chi connectivity index (χ1) is 6.66. The molecule has 1 aliphatic rings. The molecule has 7 heteroatoms. The van der Waals surface area contributed by atoms with Crippen LogP contribution in [0.5, 0.6) is 0 Å². The summed E-state index contributed by atoms with van der Waals surface area (Å²) in [6, 6.07) is 0. The van der Waals surface area contributed by atoms with Gasteiger partial charge in [-0.1, -0.05) is 0 Å². The number of nitrogens with zero attached hydrogens (tertiary/aromatic N) is 4. The average Bonchev–Trinajstić information content (AvgIpc) is 2.49. The molecule has 1 aromatic rings. The first-order valence-corrected chi connectivity index (χ1v) is 4.80. The van der Waals surface area contributed by atoms with Crippen molar-refractivity contribution in [1.29, 1.82) is 0 Å². The summed E-state index contributed by atoms with van der Waals surface area (Å²) in [5.41, 5.74) is 0. The summed E-state index contributed by atoms with van der Waals surface area (Å²) in [5.74, 6) is 0.223. The van der Waals surface area contributed by atoms with E-state index in [-0.39, 0.29) is 22.4 Å². The van der Waals surface area contributed by atoms with Crippen LogP contribution in [0.4, 0.5) is 5.95 Å². The standard InChI is InChI=1S/C7H6Cl2N4O/c8-5-10-6(9)12-7(11-5)13-3-1-2-4(13)14/h1-3H2. The lowest BCUT2D eigenvalue weighted by Crippen LogP contribution is -2.26. The molecule has 0 bridgehead atoms. The van der Waals surface area contributed by atoms with E-state index in [2.05, 4.69) is 15.0 Å². The molecule has 1 aromatic heterocycles. The fourth-order valence-corrected chi connectivity index (χ4v) is 1.65. The molecular weight excluding hydrogens is 227 g/mol. The predicted molar refractivity (Wildman–Crippen MR) is 51.4 cm³/mol. The van der Waals surface area contributed by atoms with Crippen LogP contribution in [0.2, 0.25) is 10.6 Å². The highest BCUT2D eigenvalue weighted by Gasteiger charge is 2.24. The van der Waals surface area contributed by atoms with E-state index < -0.39 is 0 Å². The largest absolute Gasteiger partial charge is 0.281 e. The van der Waals surface area contributed by atoms with Gasteiger partial charge in [-0.3, -0.25) is 9.69 Å². The van der Waals surface area contributed by atoms with E-state index in [1.54, 1.807) is 0 Å². The maximum Gasteiger partial charge on any atom is 0.237 e. The van der Waals surface area contributed by atoms with Gasteiger partial charge in [-0.05, 0) is 29.6 Å². The highest BCUT2D eigenvalue weighted by atomic mass is 35.5. The third kappa shape index (κ3) is 1.78. The maximum absolute atomic E-state index is 11.3. The molecule has 0 saturated carbocycles. The minimum Gasteiger partial charge on any atom is -0.281 e. The van der Waals surface area contributed by atoms with E-state index >= 15 is 0 Å². The smallest absolute Gasteiger partial charge is 0.237 e. The van der Waals surface area contributed by atoms with Crippen LogP contribution in [0.1, 0.15) is 12.8 Å². The number of carbonyl (C=O) groups is 1. The molecule has 1 saturated heterocycles. The second-order valence-corrected chi connectivity index (χ2v) is 3.50. The summed E-state index contributed by atoms with van der Waals surface area (Å²) in [6.07, 6.45) is 1.32. The Kier molecular flexibility index (Phi) is 2.52. The van der Waals surface area contributed by atoms with E-state index in [1.165, 1.54) is 4.90 Å². The summed E-state index contributed by atoms with van der Waals surface area (Å²) in [5, 5.41) is -0.000556. The molecule has 0 N–H and O–H groups in total. The van der Waals surface area contributed by atoms with Gasteiger partial charge in [0.05, 0.1) is 0 Å². The summed E-state index contributed by atoms with van der Waals surface area (Å²) >= 11 is 11.2. The number of anilines is 1. The van der Waals surface area contributed by atoms with Gasteiger partial charge in [-0.15, -0.1) is 0 Å². The van der Waals surface area contributed by atoms with Crippen molar-refractivity contribution in [1.82, 2.24) is 15.0 Å². The summed E-state index contributed by atoms with van der Waals surface area (Å²) in [4.78, 5) is 24.1. The zero-order chi connectivity index (χ0) is 10.1. The Morgan fingerprint density at radius 3 is 2.29 bits per heavy atom. The number of rotatable bonds is 1. The van der Waals surface area contributed by atoms with E-state index in [0.717, 1.165) is 6.42 Å². The monoisotopic (exact) mass is 232 g/mol. The molecule has 1 aliphatic heterocycles. The van der Waals surface area contributed by atoms with Crippen LogP contribution < -0.4 is 4.90 Å². The third-order valence-corrected chi connectivity index (χ3v) is 2.22. The van der Waals surface area contributed by atoms with Crippen molar-refractivity contribution in [3.63, 3.8) is 0 Å². The van der Waals surface area contributed by atoms with Crippen molar-refractivity contribution in [2.75, 3.05) is 11.4 Å². The molecule has 74 valence electrons. The number of halogens is 2. The van der Waals surface area contributed by atoms with E-state index in [1.807, 2.05) is 0 Å². The molecule has 5 nitrogen and oxygen atoms in total. The molecule has 0 atom stereocenters. The minimum absolute atomic E-state index is 0.000278. The summed E-state index contributed by atoms with van der Waals surface area (Å²) in [6.45, 7) is 0.607. The quantitative estimate of drug-likeness (QED) is 0.733. The van der Waals surface area contributed by atoms with Gasteiger partial charge in [-0.25, -0.2) is 0 Å². The molecule has 2 rings (SSSR count). The SMILES string of the molecule is O=C1CCCN1c1nc(Cl)nc(Cl)n1. The maximum atomic E-state index is 11.3. The van der Waals surface area contributed by atoms with E-state index in [0.29, 0.717) is 13.0 Å². The first kappa shape index (κ1) is 9.61. The number of carbonyl (C=O) groups excluding carboxylic acids is 1. The lowest BCUT2D eigenvalue weighted by molar-refractivity contribution is -0.117. The Hall–Kier alpha value is -0.940.